The third kappa shape index (κ3) is 3.07. The molecule has 0 aliphatic carbocycles. The summed E-state index contributed by atoms with van der Waals surface area (Å²) in [6.07, 6.45) is 1.23. The molecule has 0 radical (unpaired) electrons. The van der Waals surface area contributed by atoms with Crippen LogP contribution in [0, 0.1) is 5.92 Å². The molecule has 1 heteroatoms. The lowest BCUT2D eigenvalue weighted by molar-refractivity contribution is 0.190. The Kier molecular flexibility index (Phi) is 4.83. The van der Waals surface area contributed by atoms with Crippen LogP contribution in [-0.2, 0) is 0 Å². The van der Waals surface area contributed by atoms with Crippen molar-refractivity contribution in [1.29, 1.82) is 0 Å². The number of benzene rings is 1. The summed E-state index contributed by atoms with van der Waals surface area (Å²) in [6, 6.07) is 11.4. The second-order valence-electron chi connectivity index (χ2n) is 4.31. The second-order valence-corrected chi connectivity index (χ2v) is 4.31. The zero-order valence-electron chi connectivity index (χ0n) is 10.4. The summed E-state index contributed by atoms with van der Waals surface area (Å²) in [5.74, 6) is 0.706. The minimum Gasteiger partial charge on any atom is -0.299 e. The van der Waals surface area contributed by atoms with Crippen LogP contribution in [0.5, 0.6) is 0 Å². The van der Waals surface area contributed by atoms with E-state index in [-0.39, 0.29) is 0 Å². The van der Waals surface area contributed by atoms with E-state index in [1.165, 1.54) is 12.0 Å². The maximum absolute atomic E-state index is 2.43. The largest absolute Gasteiger partial charge is 0.299 e. The van der Waals surface area contributed by atoms with Crippen molar-refractivity contribution in [3.63, 3.8) is 0 Å². The van der Waals surface area contributed by atoms with E-state index in [1.807, 2.05) is 0 Å². The lowest BCUT2D eigenvalue weighted by atomic mass is 9.91. The van der Waals surface area contributed by atoms with Gasteiger partial charge in [0, 0.05) is 6.04 Å². The fraction of sp³-hybridized carbons (Fsp3) is 0.571. The van der Waals surface area contributed by atoms with Gasteiger partial charge < -0.3 is 0 Å². The van der Waals surface area contributed by atoms with Crippen LogP contribution in [0.15, 0.2) is 30.3 Å². The highest BCUT2D eigenvalue weighted by atomic mass is 15.1. The van der Waals surface area contributed by atoms with Gasteiger partial charge >= 0.3 is 0 Å². The first-order valence-electron chi connectivity index (χ1n) is 5.95. The van der Waals surface area contributed by atoms with Crippen LogP contribution in [0.2, 0.25) is 0 Å². The SMILES string of the molecule is CCC(C)C(c1ccccc1)N(C)CC. The summed E-state index contributed by atoms with van der Waals surface area (Å²) in [7, 11) is 2.21. The van der Waals surface area contributed by atoms with E-state index in [1.54, 1.807) is 0 Å². The molecule has 1 aromatic rings. The number of nitrogens with zero attached hydrogens (tertiary/aromatic N) is 1. The first kappa shape index (κ1) is 12.3. The molecule has 0 bridgehead atoms. The molecule has 0 saturated carbocycles. The van der Waals surface area contributed by atoms with E-state index >= 15 is 0 Å². The third-order valence-corrected chi connectivity index (χ3v) is 3.30. The molecule has 0 aliphatic heterocycles. The van der Waals surface area contributed by atoms with Crippen LogP contribution < -0.4 is 0 Å². The van der Waals surface area contributed by atoms with Gasteiger partial charge in [-0.2, -0.15) is 0 Å². The van der Waals surface area contributed by atoms with Gasteiger partial charge in [-0.15, -0.1) is 0 Å². The Morgan fingerprint density at radius 3 is 2.20 bits per heavy atom. The van der Waals surface area contributed by atoms with Crippen molar-refractivity contribution >= 4 is 0 Å². The minimum absolute atomic E-state index is 0.557. The fourth-order valence-electron chi connectivity index (χ4n) is 2.09. The zero-order chi connectivity index (χ0) is 11.3. The van der Waals surface area contributed by atoms with Gasteiger partial charge in [-0.05, 0) is 25.1 Å². The van der Waals surface area contributed by atoms with Crippen LogP contribution in [0.4, 0.5) is 0 Å². The van der Waals surface area contributed by atoms with E-state index < -0.39 is 0 Å². The summed E-state index contributed by atoms with van der Waals surface area (Å²) in [5, 5.41) is 0. The van der Waals surface area contributed by atoms with E-state index in [4.69, 9.17) is 0 Å². The fourth-order valence-corrected chi connectivity index (χ4v) is 2.09. The van der Waals surface area contributed by atoms with Gasteiger partial charge in [0.05, 0.1) is 0 Å². The lowest BCUT2D eigenvalue weighted by Crippen LogP contribution is -2.29. The van der Waals surface area contributed by atoms with E-state index in [0.29, 0.717) is 12.0 Å². The van der Waals surface area contributed by atoms with E-state index in [2.05, 4.69) is 63.1 Å². The Bertz CT molecular complexity index is 258. The molecule has 0 N–H and O–H groups in total. The molecule has 0 amide bonds. The second kappa shape index (κ2) is 5.92. The molecule has 2 atom stereocenters. The highest BCUT2D eigenvalue weighted by Gasteiger charge is 2.20. The van der Waals surface area contributed by atoms with Crippen molar-refractivity contribution < 1.29 is 0 Å². The first-order chi connectivity index (χ1) is 7.20. The predicted octanol–water partition coefficient (Wildman–Crippen LogP) is 3.73. The van der Waals surface area contributed by atoms with Gasteiger partial charge in [0.15, 0.2) is 0 Å². The smallest absolute Gasteiger partial charge is 0.0370 e. The quantitative estimate of drug-likeness (QED) is 0.708. The molecule has 1 nitrogen and oxygen atoms in total. The van der Waals surface area contributed by atoms with Gasteiger partial charge in [-0.1, -0.05) is 57.5 Å². The molecule has 1 aromatic carbocycles. The molecule has 0 aromatic heterocycles. The molecule has 0 saturated heterocycles. The molecule has 1 rings (SSSR count). The Hall–Kier alpha value is -0.820. The molecule has 0 aliphatic rings. The third-order valence-electron chi connectivity index (χ3n) is 3.30. The highest BCUT2D eigenvalue weighted by molar-refractivity contribution is 5.19. The molecule has 0 fully saturated rings. The maximum atomic E-state index is 2.43. The average Bonchev–Trinajstić information content (AvgIpc) is 2.30. The van der Waals surface area contributed by atoms with Crippen molar-refractivity contribution in [3.05, 3.63) is 35.9 Å². The van der Waals surface area contributed by atoms with Gasteiger partial charge in [-0.25, -0.2) is 0 Å². The van der Waals surface area contributed by atoms with Crippen LogP contribution >= 0.6 is 0 Å². The van der Waals surface area contributed by atoms with Crippen molar-refractivity contribution in [2.75, 3.05) is 13.6 Å². The zero-order valence-corrected chi connectivity index (χ0v) is 10.4. The van der Waals surface area contributed by atoms with Crippen LogP contribution in [0.25, 0.3) is 0 Å². The van der Waals surface area contributed by atoms with Crippen LogP contribution in [0.3, 0.4) is 0 Å². The minimum atomic E-state index is 0.557. The predicted molar refractivity (Wildman–Crippen MR) is 66.9 cm³/mol. The van der Waals surface area contributed by atoms with E-state index in [0.717, 1.165) is 6.54 Å². The summed E-state index contributed by atoms with van der Waals surface area (Å²) in [4.78, 5) is 2.43. The van der Waals surface area contributed by atoms with Crippen molar-refractivity contribution in [2.24, 2.45) is 5.92 Å². The van der Waals surface area contributed by atoms with Gasteiger partial charge in [0.1, 0.15) is 0 Å². The Morgan fingerprint density at radius 1 is 1.13 bits per heavy atom. The van der Waals surface area contributed by atoms with Crippen LogP contribution in [-0.4, -0.2) is 18.5 Å². The molecular weight excluding hydrogens is 182 g/mol. The molecule has 0 spiro atoms. The number of hydrogen-bond acceptors (Lipinski definition) is 1. The number of rotatable bonds is 5. The van der Waals surface area contributed by atoms with Gasteiger partial charge in [0.25, 0.3) is 0 Å². The number of hydrogen-bond donors (Lipinski definition) is 0. The highest BCUT2D eigenvalue weighted by Crippen LogP contribution is 2.29. The topological polar surface area (TPSA) is 3.24 Å². The Balaban J connectivity index is 2.91. The molecule has 2 unspecified atom stereocenters. The lowest BCUT2D eigenvalue weighted by Gasteiger charge is -2.32. The maximum Gasteiger partial charge on any atom is 0.0370 e. The summed E-state index contributed by atoms with van der Waals surface area (Å²) in [6.45, 7) is 7.93. The monoisotopic (exact) mass is 205 g/mol. The Morgan fingerprint density at radius 2 is 1.73 bits per heavy atom. The summed E-state index contributed by atoms with van der Waals surface area (Å²) >= 11 is 0. The molecule has 15 heavy (non-hydrogen) atoms. The van der Waals surface area contributed by atoms with Crippen molar-refractivity contribution in [3.8, 4) is 0 Å². The van der Waals surface area contributed by atoms with Gasteiger partial charge in [0.2, 0.25) is 0 Å². The molecular formula is C14H23N. The van der Waals surface area contributed by atoms with Gasteiger partial charge in [-0.3, -0.25) is 4.90 Å². The van der Waals surface area contributed by atoms with Crippen LogP contribution in [0.1, 0.15) is 38.8 Å². The van der Waals surface area contributed by atoms with E-state index in [9.17, 15) is 0 Å². The molecule has 0 heterocycles. The summed E-state index contributed by atoms with van der Waals surface area (Å²) < 4.78 is 0. The first-order valence-corrected chi connectivity index (χ1v) is 5.95. The normalized spacial score (nSPS) is 15.3. The van der Waals surface area contributed by atoms with Crippen molar-refractivity contribution in [2.45, 2.75) is 33.2 Å². The molecule has 84 valence electrons. The Labute approximate surface area is 94.1 Å². The standard InChI is InChI=1S/C14H23N/c1-5-12(3)14(15(4)6-2)13-10-8-7-9-11-13/h7-12,14H,5-6H2,1-4H3. The average molecular weight is 205 g/mol. The van der Waals surface area contributed by atoms with Crippen molar-refractivity contribution in [1.82, 2.24) is 4.90 Å². The summed E-state index contributed by atoms with van der Waals surface area (Å²) in [5.41, 5.74) is 1.44.